The smallest absolute Gasteiger partial charge is 0.264 e. The third kappa shape index (κ3) is 4.51. The summed E-state index contributed by atoms with van der Waals surface area (Å²) in [7, 11) is 0. The van der Waals surface area contributed by atoms with Gasteiger partial charge in [0.2, 0.25) is 0 Å². The molecule has 4 nitrogen and oxygen atoms in total. The van der Waals surface area contributed by atoms with Crippen LogP contribution in [0.5, 0.6) is 0 Å². The van der Waals surface area contributed by atoms with Gasteiger partial charge in [0.1, 0.15) is 11.6 Å². The zero-order valence-electron chi connectivity index (χ0n) is 15.4. The Morgan fingerprint density at radius 1 is 1.14 bits per heavy atom. The van der Waals surface area contributed by atoms with E-state index in [0.717, 1.165) is 0 Å². The molecule has 0 spiro atoms. The largest absolute Gasteiger partial charge is 0.390 e. The third-order valence-electron chi connectivity index (χ3n) is 4.62. The van der Waals surface area contributed by atoms with Crippen molar-refractivity contribution in [1.82, 2.24) is 4.90 Å². The Bertz CT molecular complexity index is 1040. The number of halogens is 2. The second kappa shape index (κ2) is 8.53. The van der Waals surface area contributed by atoms with Crippen LogP contribution in [0.1, 0.15) is 27.2 Å². The number of hydrogen-bond donors (Lipinski definition) is 0. The molecule has 148 valence electrons. The number of carbonyl (C=O) groups excluding carboxylic acids is 1. The average Bonchev–Trinajstić information content (AvgIpc) is 3.40. The number of thiophene rings is 1. The van der Waals surface area contributed by atoms with Crippen molar-refractivity contribution in [2.45, 2.75) is 19.1 Å². The van der Waals surface area contributed by atoms with Crippen LogP contribution in [0.2, 0.25) is 0 Å². The van der Waals surface area contributed by atoms with E-state index in [1.165, 1.54) is 29.5 Å². The van der Waals surface area contributed by atoms with Crippen molar-refractivity contribution >= 4 is 23.0 Å². The number of benzene rings is 2. The fraction of sp³-hybridized carbons (Fsp3) is 0.182. The highest BCUT2D eigenvalue weighted by atomic mass is 32.1. The van der Waals surface area contributed by atoms with Crippen molar-refractivity contribution in [3.05, 3.63) is 93.7 Å². The monoisotopic (exact) mass is 412 g/mol. The number of rotatable bonds is 6. The Morgan fingerprint density at radius 3 is 2.76 bits per heavy atom. The van der Waals surface area contributed by atoms with Gasteiger partial charge in [-0.15, -0.1) is 11.3 Å². The maximum atomic E-state index is 14.0. The van der Waals surface area contributed by atoms with Gasteiger partial charge in [-0.2, -0.15) is 0 Å². The van der Waals surface area contributed by atoms with Gasteiger partial charge in [-0.05, 0) is 35.2 Å². The van der Waals surface area contributed by atoms with Gasteiger partial charge in [0.15, 0.2) is 6.10 Å². The van der Waals surface area contributed by atoms with E-state index < -0.39 is 6.10 Å². The molecule has 3 aromatic rings. The zero-order chi connectivity index (χ0) is 20.2. The summed E-state index contributed by atoms with van der Waals surface area (Å²) in [5.74, 6) is -0.873. The fourth-order valence-electron chi connectivity index (χ4n) is 3.26. The lowest BCUT2D eigenvalue weighted by Gasteiger charge is -2.24. The van der Waals surface area contributed by atoms with Crippen LogP contribution in [0.25, 0.3) is 0 Å². The summed E-state index contributed by atoms with van der Waals surface area (Å²) in [6.45, 7) is 0.498. The molecule has 0 N–H and O–H groups in total. The molecule has 7 heteroatoms. The Labute approximate surface area is 171 Å². The summed E-state index contributed by atoms with van der Waals surface area (Å²) in [6.07, 6.45) is -0.0136. The van der Waals surface area contributed by atoms with Gasteiger partial charge in [-0.1, -0.05) is 41.6 Å². The molecular formula is C22H18F2N2O2S. The van der Waals surface area contributed by atoms with Gasteiger partial charge in [0.05, 0.1) is 17.1 Å². The first-order valence-corrected chi connectivity index (χ1v) is 10.0. The summed E-state index contributed by atoms with van der Waals surface area (Å²) in [5, 5.41) is 5.86. The number of nitrogens with zero attached hydrogens (tertiary/aromatic N) is 2. The van der Waals surface area contributed by atoms with E-state index in [1.54, 1.807) is 41.3 Å². The van der Waals surface area contributed by atoms with E-state index in [4.69, 9.17) is 4.84 Å². The standard InChI is InChI=1S/C22H18F2N2O2S/c23-16-6-3-5-15(11-16)13-26(22(27)21-9-4-10-29-21)14-17-12-20(25-28-17)18-7-1-2-8-19(18)24/h1-11,17H,12-14H2. The molecule has 0 radical (unpaired) electrons. The quantitative estimate of drug-likeness (QED) is 0.580. The van der Waals surface area contributed by atoms with Crippen LogP contribution < -0.4 is 0 Å². The normalized spacial score (nSPS) is 15.7. The Morgan fingerprint density at radius 2 is 2.00 bits per heavy atom. The number of hydrogen-bond acceptors (Lipinski definition) is 4. The lowest BCUT2D eigenvalue weighted by molar-refractivity contribution is 0.0408. The zero-order valence-corrected chi connectivity index (χ0v) is 16.2. The van der Waals surface area contributed by atoms with Gasteiger partial charge in [0.25, 0.3) is 5.91 Å². The molecule has 29 heavy (non-hydrogen) atoms. The molecule has 0 fully saturated rings. The van der Waals surface area contributed by atoms with E-state index in [2.05, 4.69) is 5.16 Å². The minimum Gasteiger partial charge on any atom is -0.390 e. The van der Waals surface area contributed by atoms with Crippen LogP contribution >= 0.6 is 11.3 Å². The highest BCUT2D eigenvalue weighted by Gasteiger charge is 2.28. The van der Waals surface area contributed by atoms with E-state index in [-0.39, 0.29) is 30.6 Å². The summed E-state index contributed by atoms with van der Waals surface area (Å²) in [5.41, 5.74) is 1.60. The molecule has 2 aromatic carbocycles. The lowest BCUT2D eigenvalue weighted by atomic mass is 10.0. The van der Waals surface area contributed by atoms with E-state index >= 15 is 0 Å². The molecule has 0 aliphatic carbocycles. The molecule has 4 rings (SSSR count). The first kappa shape index (κ1) is 19.3. The minimum absolute atomic E-state index is 0.160. The van der Waals surface area contributed by atoms with Gasteiger partial charge >= 0.3 is 0 Å². The lowest BCUT2D eigenvalue weighted by Crippen LogP contribution is -2.37. The average molecular weight is 412 g/mol. The van der Waals surface area contributed by atoms with E-state index in [0.29, 0.717) is 28.1 Å². The fourth-order valence-corrected chi connectivity index (χ4v) is 3.95. The molecule has 1 amide bonds. The van der Waals surface area contributed by atoms with Crippen molar-refractivity contribution in [2.75, 3.05) is 6.54 Å². The number of carbonyl (C=O) groups is 1. The van der Waals surface area contributed by atoms with Crippen LogP contribution in [-0.4, -0.2) is 29.2 Å². The minimum atomic E-state index is -0.401. The summed E-state index contributed by atoms with van der Waals surface area (Å²) < 4.78 is 27.6. The second-order valence-corrected chi connectivity index (χ2v) is 7.69. The van der Waals surface area contributed by atoms with Crippen molar-refractivity contribution < 1.29 is 18.4 Å². The second-order valence-electron chi connectivity index (χ2n) is 6.74. The van der Waals surface area contributed by atoms with Gasteiger partial charge in [-0.3, -0.25) is 4.79 Å². The van der Waals surface area contributed by atoms with Crippen LogP contribution in [-0.2, 0) is 11.4 Å². The van der Waals surface area contributed by atoms with Gasteiger partial charge in [-0.25, -0.2) is 8.78 Å². The van der Waals surface area contributed by atoms with Crippen LogP contribution in [0.4, 0.5) is 8.78 Å². The van der Waals surface area contributed by atoms with Crippen molar-refractivity contribution in [2.24, 2.45) is 5.16 Å². The summed E-state index contributed by atoms with van der Waals surface area (Å²) >= 11 is 1.35. The summed E-state index contributed by atoms with van der Waals surface area (Å²) in [6, 6.07) is 16.1. The molecule has 1 atom stereocenters. The molecule has 2 heterocycles. The molecular weight excluding hydrogens is 394 g/mol. The molecule has 0 saturated carbocycles. The van der Waals surface area contributed by atoms with Crippen molar-refractivity contribution in [3.8, 4) is 0 Å². The number of oxime groups is 1. The first-order valence-electron chi connectivity index (χ1n) is 9.15. The van der Waals surface area contributed by atoms with Crippen molar-refractivity contribution in [3.63, 3.8) is 0 Å². The Balaban J connectivity index is 1.50. The Kier molecular flexibility index (Phi) is 5.67. The molecule has 0 saturated heterocycles. The maximum Gasteiger partial charge on any atom is 0.264 e. The topological polar surface area (TPSA) is 41.9 Å². The Hall–Kier alpha value is -3.06. The van der Waals surface area contributed by atoms with Crippen LogP contribution in [0.3, 0.4) is 0 Å². The van der Waals surface area contributed by atoms with E-state index in [9.17, 15) is 13.6 Å². The van der Waals surface area contributed by atoms with Crippen LogP contribution in [0, 0.1) is 11.6 Å². The molecule has 1 aliphatic rings. The van der Waals surface area contributed by atoms with Gasteiger partial charge < -0.3 is 9.74 Å². The molecule has 0 bridgehead atoms. The predicted octanol–water partition coefficient (Wildman–Crippen LogP) is 4.86. The molecule has 1 aliphatic heterocycles. The number of amides is 1. The van der Waals surface area contributed by atoms with Gasteiger partial charge in [0, 0.05) is 18.5 Å². The predicted molar refractivity (Wildman–Crippen MR) is 108 cm³/mol. The SMILES string of the molecule is O=C(c1cccs1)N(Cc1cccc(F)c1)CC1CC(c2ccccc2F)=NO1. The van der Waals surface area contributed by atoms with Crippen LogP contribution in [0.15, 0.2) is 71.2 Å². The first-order chi connectivity index (χ1) is 14.1. The van der Waals surface area contributed by atoms with Crippen molar-refractivity contribution in [1.29, 1.82) is 0 Å². The highest BCUT2D eigenvalue weighted by molar-refractivity contribution is 7.12. The van der Waals surface area contributed by atoms with E-state index in [1.807, 2.05) is 11.4 Å². The summed E-state index contributed by atoms with van der Waals surface area (Å²) in [4.78, 5) is 20.7. The third-order valence-corrected chi connectivity index (χ3v) is 5.48. The maximum absolute atomic E-state index is 14.0. The molecule has 1 aromatic heterocycles. The molecule has 1 unspecified atom stereocenters. The highest BCUT2D eigenvalue weighted by Crippen LogP contribution is 2.22.